The first-order chi connectivity index (χ1) is 7.38. The lowest BCUT2D eigenvalue weighted by molar-refractivity contribution is 0.100. The molecule has 0 saturated heterocycles. The second-order valence-electron chi connectivity index (χ2n) is 2.74. The highest BCUT2D eigenvalue weighted by molar-refractivity contribution is 7.91. The van der Waals surface area contributed by atoms with Crippen LogP contribution in [-0.4, -0.2) is 32.6 Å². The quantitative estimate of drug-likeness (QED) is 0.694. The Bertz CT molecular complexity index is 496. The van der Waals surface area contributed by atoms with E-state index in [2.05, 4.69) is 4.72 Å². The van der Waals surface area contributed by atoms with E-state index >= 15 is 0 Å². The molecule has 0 aliphatic heterocycles. The first kappa shape index (κ1) is 13.4. The molecule has 0 aliphatic carbocycles. The topological polar surface area (TPSA) is 109 Å². The van der Waals surface area contributed by atoms with Crippen molar-refractivity contribution in [2.24, 2.45) is 5.73 Å². The Morgan fingerprint density at radius 1 is 1.62 bits per heavy atom. The third-order valence-corrected chi connectivity index (χ3v) is 4.89. The van der Waals surface area contributed by atoms with Crippen LogP contribution < -0.4 is 10.5 Å². The zero-order chi connectivity index (χ0) is 12.3. The summed E-state index contributed by atoms with van der Waals surface area (Å²) >= 11 is 6.39. The van der Waals surface area contributed by atoms with Gasteiger partial charge in [-0.05, 0) is 6.07 Å². The summed E-state index contributed by atoms with van der Waals surface area (Å²) in [5, 5.41) is 8.50. The van der Waals surface area contributed by atoms with E-state index < -0.39 is 15.9 Å². The fourth-order valence-corrected chi connectivity index (χ4v) is 3.70. The van der Waals surface area contributed by atoms with Crippen molar-refractivity contribution in [1.82, 2.24) is 4.72 Å². The van der Waals surface area contributed by atoms with Crippen LogP contribution in [0.1, 0.15) is 10.4 Å². The first-order valence-electron chi connectivity index (χ1n) is 4.08. The molecule has 1 heterocycles. The van der Waals surface area contributed by atoms with Gasteiger partial charge in [0.15, 0.2) is 0 Å². The molecule has 1 aromatic heterocycles. The van der Waals surface area contributed by atoms with Gasteiger partial charge in [-0.2, -0.15) is 0 Å². The molecule has 0 bridgehead atoms. The SMILES string of the molecule is NC(=O)c1cc(S(=O)(=O)NCCO)sc1Cl. The second kappa shape index (κ2) is 5.11. The second-order valence-corrected chi connectivity index (χ2v) is 6.39. The van der Waals surface area contributed by atoms with E-state index in [1.165, 1.54) is 0 Å². The van der Waals surface area contributed by atoms with Crippen LogP contribution in [-0.2, 0) is 10.0 Å². The largest absolute Gasteiger partial charge is 0.395 e. The normalized spacial score (nSPS) is 11.6. The number of primary amides is 1. The molecule has 1 rings (SSSR count). The van der Waals surface area contributed by atoms with Crippen LogP contribution in [0.5, 0.6) is 0 Å². The Labute approximate surface area is 101 Å². The van der Waals surface area contributed by atoms with Crippen molar-refractivity contribution >= 4 is 38.9 Å². The maximum absolute atomic E-state index is 11.6. The number of carbonyl (C=O) groups is 1. The number of aliphatic hydroxyl groups is 1. The Kier molecular flexibility index (Phi) is 4.28. The van der Waals surface area contributed by atoms with Crippen LogP contribution in [0.3, 0.4) is 0 Å². The molecule has 0 aliphatic rings. The maximum atomic E-state index is 11.6. The smallest absolute Gasteiger partial charge is 0.251 e. The summed E-state index contributed by atoms with van der Waals surface area (Å²) in [6, 6.07) is 1.11. The van der Waals surface area contributed by atoms with Crippen molar-refractivity contribution in [3.8, 4) is 0 Å². The van der Waals surface area contributed by atoms with Gasteiger partial charge in [0.25, 0.3) is 5.91 Å². The molecule has 0 atom stereocenters. The van der Waals surface area contributed by atoms with Crippen LogP contribution in [0.25, 0.3) is 0 Å². The molecule has 4 N–H and O–H groups in total. The zero-order valence-electron chi connectivity index (χ0n) is 7.94. The van der Waals surface area contributed by atoms with Crippen LogP contribution in [0.2, 0.25) is 4.34 Å². The Morgan fingerprint density at radius 2 is 2.25 bits per heavy atom. The van der Waals surface area contributed by atoms with Crippen LogP contribution >= 0.6 is 22.9 Å². The molecule has 1 aromatic rings. The number of hydrogen-bond acceptors (Lipinski definition) is 5. The van der Waals surface area contributed by atoms with Gasteiger partial charge in [-0.25, -0.2) is 13.1 Å². The lowest BCUT2D eigenvalue weighted by atomic mass is 10.3. The molecule has 0 saturated carbocycles. The summed E-state index contributed by atoms with van der Waals surface area (Å²) in [6.45, 7) is -0.426. The molecule has 0 unspecified atom stereocenters. The Hall–Kier alpha value is -0.670. The number of carbonyl (C=O) groups excluding carboxylic acids is 1. The number of thiophene rings is 1. The van der Waals surface area contributed by atoms with E-state index in [9.17, 15) is 13.2 Å². The summed E-state index contributed by atoms with van der Waals surface area (Å²) in [5.74, 6) is -0.787. The van der Waals surface area contributed by atoms with Crippen molar-refractivity contribution < 1.29 is 18.3 Å². The van der Waals surface area contributed by atoms with E-state index in [0.717, 1.165) is 17.4 Å². The van der Waals surface area contributed by atoms with E-state index in [4.69, 9.17) is 22.4 Å². The number of aliphatic hydroxyl groups excluding tert-OH is 1. The lowest BCUT2D eigenvalue weighted by Crippen LogP contribution is -2.25. The minimum atomic E-state index is -3.74. The molecule has 1 amide bonds. The molecule has 9 heteroatoms. The van der Waals surface area contributed by atoms with Gasteiger partial charge in [0, 0.05) is 6.54 Å². The summed E-state index contributed by atoms with van der Waals surface area (Å²) < 4.78 is 25.2. The summed E-state index contributed by atoms with van der Waals surface area (Å²) in [7, 11) is -3.74. The fraction of sp³-hybridized carbons (Fsp3) is 0.286. The molecule has 6 nitrogen and oxygen atoms in total. The van der Waals surface area contributed by atoms with Gasteiger partial charge in [-0.15, -0.1) is 11.3 Å². The maximum Gasteiger partial charge on any atom is 0.251 e. The van der Waals surface area contributed by atoms with Gasteiger partial charge in [-0.1, -0.05) is 11.6 Å². The highest BCUT2D eigenvalue weighted by Crippen LogP contribution is 2.30. The number of hydrogen-bond donors (Lipinski definition) is 3. The molecule has 0 aromatic carbocycles. The molecular weight excluding hydrogens is 276 g/mol. The molecule has 0 spiro atoms. The Morgan fingerprint density at radius 3 is 2.69 bits per heavy atom. The van der Waals surface area contributed by atoms with E-state index in [1.807, 2.05) is 0 Å². The number of nitrogens with two attached hydrogens (primary N) is 1. The summed E-state index contributed by atoms with van der Waals surface area (Å²) in [6.07, 6.45) is 0. The van der Waals surface area contributed by atoms with Crippen LogP contribution in [0.15, 0.2) is 10.3 Å². The van der Waals surface area contributed by atoms with Gasteiger partial charge in [0.05, 0.1) is 12.2 Å². The average Bonchev–Trinajstić information content (AvgIpc) is 2.58. The summed E-state index contributed by atoms with van der Waals surface area (Å²) in [4.78, 5) is 10.9. The standard InChI is InChI=1S/C7H9ClN2O4S2/c8-6-4(7(9)12)3-5(15-6)16(13,14)10-1-2-11/h3,10-11H,1-2H2,(H2,9,12). The number of rotatable bonds is 5. The number of amides is 1. The number of nitrogens with one attached hydrogen (secondary N) is 1. The predicted molar refractivity (Wildman–Crippen MR) is 60.1 cm³/mol. The average molecular weight is 285 g/mol. The summed E-state index contributed by atoms with van der Waals surface area (Å²) in [5.41, 5.74) is 4.97. The fourth-order valence-electron chi connectivity index (χ4n) is 0.899. The first-order valence-corrected chi connectivity index (χ1v) is 6.76. The van der Waals surface area contributed by atoms with Gasteiger partial charge in [0.2, 0.25) is 10.0 Å². The minimum Gasteiger partial charge on any atom is -0.395 e. The Balaban J connectivity index is 3.06. The van der Waals surface area contributed by atoms with Crippen LogP contribution in [0, 0.1) is 0 Å². The molecule has 16 heavy (non-hydrogen) atoms. The van der Waals surface area contributed by atoms with Crippen molar-refractivity contribution in [2.75, 3.05) is 13.2 Å². The third kappa shape index (κ3) is 2.92. The van der Waals surface area contributed by atoms with E-state index in [1.54, 1.807) is 0 Å². The molecular formula is C7H9ClN2O4S2. The van der Waals surface area contributed by atoms with Crippen molar-refractivity contribution in [2.45, 2.75) is 4.21 Å². The lowest BCUT2D eigenvalue weighted by Gasteiger charge is -2.00. The molecule has 0 fully saturated rings. The zero-order valence-corrected chi connectivity index (χ0v) is 10.3. The van der Waals surface area contributed by atoms with Crippen molar-refractivity contribution in [1.29, 1.82) is 0 Å². The molecule has 0 radical (unpaired) electrons. The van der Waals surface area contributed by atoms with Gasteiger partial charge < -0.3 is 10.8 Å². The van der Waals surface area contributed by atoms with Crippen LogP contribution in [0.4, 0.5) is 0 Å². The predicted octanol–water partition coefficient (Wildman–Crippen LogP) is -0.229. The monoisotopic (exact) mass is 284 g/mol. The number of halogens is 1. The van der Waals surface area contributed by atoms with Crippen molar-refractivity contribution in [3.63, 3.8) is 0 Å². The van der Waals surface area contributed by atoms with E-state index in [-0.39, 0.29) is 27.3 Å². The highest BCUT2D eigenvalue weighted by atomic mass is 35.5. The van der Waals surface area contributed by atoms with Crippen molar-refractivity contribution in [3.05, 3.63) is 16.0 Å². The number of sulfonamides is 1. The van der Waals surface area contributed by atoms with Gasteiger partial charge in [-0.3, -0.25) is 4.79 Å². The highest BCUT2D eigenvalue weighted by Gasteiger charge is 2.21. The molecule has 90 valence electrons. The minimum absolute atomic E-state index is 0.0249. The van der Waals surface area contributed by atoms with Gasteiger partial charge >= 0.3 is 0 Å². The third-order valence-electron chi connectivity index (χ3n) is 1.60. The van der Waals surface area contributed by atoms with E-state index in [0.29, 0.717) is 0 Å². The van der Waals surface area contributed by atoms with Gasteiger partial charge in [0.1, 0.15) is 8.55 Å².